The zero-order chi connectivity index (χ0) is 32.6. The molecule has 0 saturated heterocycles. The Balaban J connectivity index is 1.55. The minimum atomic E-state index is -0.318. The van der Waals surface area contributed by atoms with Crippen molar-refractivity contribution in [2.75, 3.05) is 6.61 Å². The lowest BCUT2D eigenvalue weighted by Gasteiger charge is -2.19. The second kappa shape index (κ2) is 15.2. The highest BCUT2D eigenvalue weighted by atomic mass is 19.1. The van der Waals surface area contributed by atoms with E-state index in [0.717, 1.165) is 71.2 Å². The molecular weight excluding hydrogens is 573 g/mol. The van der Waals surface area contributed by atoms with Gasteiger partial charge in [0.05, 0.1) is 24.2 Å². The Bertz CT molecular complexity index is 1730. The number of halogens is 1. The fourth-order valence-electron chi connectivity index (χ4n) is 6.02. The maximum Gasteiger partial charge on any atom is 0.188 e. The zero-order valence-electron chi connectivity index (χ0n) is 27.1. The highest BCUT2D eigenvalue weighted by molar-refractivity contribution is 6.18. The Kier molecular flexibility index (Phi) is 10.9. The van der Waals surface area contributed by atoms with E-state index in [0.29, 0.717) is 60.4 Å². The number of Topliss-reactive ketones (excluding diaryl/α,β-unsaturated/α-hetero) is 1. The molecule has 0 radical (unpaired) electrons. The van der Waals surface area contributed by atoms with Crippen molar-refractivity contribution in [3.05, 3.63) is 130 Å². The molecule has 2 heterocycles. The summed E-state index contributed by atoms with van der Waals surface area (Å²) >= 11 is 0. The Morgan fingerprint density at radius 3 is 2.78 bits per heavy atom. The molecule has 3 aromatic rings. The van der Waals surface area contributed by atoms with Crippen LogP contribution in [0, 0.1) is 12.7 Å². The van der Waals surface area contributed by atoms with Crippen LogP contribution in [0.5, 0.6) is 5.75 Å². The summed E-state index contributed by atoms with van der Waals surface area (Å²) in [6, 6.07) is 13.7. The van der Waals surface area contributed by atoms with E-state index in [4.69, 9.17) is 15.5 Å². The van der Waals surface area contributed by atoms with E-state index < -0.39 is 0 Å². The maximum absolute atomic E-state index is 14.7. The number of pyridine rings is 1. The number of benzene rings is 2. The second-order valence-electron chi connectivity index (χ2n) is 12.4. The summed E-state index contributed by atoms with van der Waals surface area (Å²) in [5.74, 6) is 0.208. The van der Waals surface area contributed by atoms with Gasteiger partial charge < -0.3 is 10.5 Å². The van der Waals surface area contributed by atoms with Gasteiger partial charge in [-0.1, -0.05) is 68.8 Å². The summed E-state index contributed by atoms with van der Waals surface area (Å²) in [5, 5.41) is 0. The van der Waals surface area contributed by atoms with Crippen molar-refractivity contribution in [2.45, 2.75) is 77.7 Å². The maximum atomic E-state index is 14.7. The molecule has 0 amide bonds. The van der Waals surface area contributed by atoms with Crippen molar-refractivity contribution >= 4 is 23.3 Å². The number of aliphatic imine (C=N–C) groups is 1. The Labute approximate surface area is 272 Å². The average molecular weight is 618 g/mol. The molecule has 5 nitrogen and oxygen atoms in total. The van der Waals surface area contributed by atoms with E-state index in [1.54, 1.807) is 12.3 Å². The highest BCUT2D eigenvalue weighted by Gasteiger charge is 2.21. The van der Waals surface area contributed by atoms with E-state index >= 15 is 0 Å². The highest BCUT2D eigenvalue weighted by Crippen LogP contribution is 2.35. The van der Waals surface area contributed by atoms with E-state index in [9.17, 15) is 9.18 Å². The van der Waals surface area contributed by atoms with Gasteiger partial charge in [-0.3, -0.25) is 9.78 Å². The molecular formula is C40H44FN3O2. The number of ketones is 1. The normalized spacial score (nSPS) is 15.4. The van der Waals surface area contributed by atoms with Crippen LogP contribution in [0.25, 0.3) is 6.08 Å². The topological polar surface area (TPSA) is 77.6 Å². The Morgan fingerprint density at radius 2 is 1.98 bits per heavy atom. The third-order valence-electron chi connectivity index (χ3n) is 8.80. The monoisotopic (exact) mass is 617 g/mol. The first kappa shape index (κ1) is 33.0. The predicted molar refractivity (Wildman–Crippen MR) is 186 cm³/mol. The number of rotatable bonds is 11. The number of carbonyl (C=O) groups excluding carboxylic acids is 1. The van der Waals surface area contributed by atoms with Gasteiger partial charge in [-0.2, -0.15) is 0 Å². The average Bonchev–Trinajstić information content (AvgIpc) is 3.23. The van der Waals surface area contributed by atoms with Gasteiger partial charge in [0.1, 0.15) is 11.6 Å². The Morgan fingerprint density at radius 1 is 1.15 bits per heavy atom. The van der Waals surface area contributed by atoms with Crippen LogP contribution in [-0.4, -0.2) is 29.1 Å². The molecule has 0 saturated carbocycles. The molecule has 2 bridgehead atoms. The smallest absolute Gasteiger partial charge is 0.188 e. The first-order valence-corrected chi connectivity index (χ1v) is 16.3. The molecule has 0 fully saturated rings. The molecule has 2 aliphatic rings. The van der Waals surface area contributed by atoms with Gasteiger partial charge in [0.2, 0.25) is 0 Å². The molecule has 0 spiro atoms. The van der Waals surface area contributed by atoms with E-state index in [1.807, 2.05) is 31.2 Å². The lowest BCUT2D eigenvalue weighted by Crippen LogP contribution is -2.20. The Hall–Kier alpha value is -4.42. The van der Waals surface area contributed by atoms with Crippen LogP contribution in [0.4, 0.5) is 10.1 Å². The molecule has 0 unspecified atom stereocenters. The lowest BCUT2D eigenvalue weighted by molar-refractivity contribution is 0.103. The molecule has 1 aliphatic carbocycles. The summed E-state index contributed by atoms with van der Waals surface area (Å²) in [6.07, 6.45) is 14.1. The van der Waals surface area contributed by atoms with Crippen LogP contribution in [0.1, 0.15) is 84.5 Å². The van der Waals surface area contributed by atoms with Gasteiger partial charge in [-0.25, -0.2) is 9.38 Å². The number of hydrogen-bond acceptors (Lipinski definition) is 5. The number of nitrogens with two attached hydrogens (primary N) is 1. The van der Waals surface area contributed by atoms with E-state index in [2.05, 4.69) is 49.4 Å². The van der Waals surface area contributed by atoms with Crippen molar-refractivity contribution in [1.29, 1.82) is 0 Å². The molecule has 238 valence electrons. The van der Waals surface area contributed by atoms with Gasteiger partial charge in [0, 0.05) is 28.9 Å². The molecule has 1 aromatic heterocycles. The largest absolute Gasteiger partial charge is 0.493 e. The van der Waals surface area contributed by atoms with Crippen LogP contribution in [-0.2, 0) is 12.8 Å². The number of unbranched alkanes of at least 4 members (excludes halogenated alkanes) is 1. The number of fused-ring (bicyclic) bond motifs is 3. The molecule has 2 N–H and O–H groups in total. The van der Waals surface area contributed by atoms with Crippen LogP contribution in [0.2, 0.25) is 0 Å². The molecule has 1 aliphatic heterocycles. The summed E-state index contributed by atoms with van der Waals surface area (Å²) in [4.78, 5) is 22.8. The third kappa shape index (κ3) is 8.04. The van der Waals surface area contributed by atoms with Gasteiger partial charge in [0.15, 0.2) is 5.78 Å². The second-order valence-corrected chi connectivity index (χ2v) is 12.4. The molecule has 2 aromatic carbocycles. The minimum absolute atomic E-state index is 0.0546. The van der Waals surface area contributed by atoms with Crippen molar-refractivity contribution in [2.24, 2.45) is 10.7 Å². The first-order valence-electron chi connectivity index (χ1n) is 16.3. The van der Waals surface area contributed by atoms with Crippen molar-refractivity contribution in [1.82, 2.24) is 4.98 Å². The zero-order valence-corrected chi connectivity index (χ0v) is 27.1. The van der Waals surface area contributed by atoms with Crippen molar-refractivity contribution < 1.29 is 13.9 Å². The molecule has 6 heteroatoms. The predicted octanol–water partition coefficient (Wildman–Crippen LogP) is 9.18. The van der Waals surface area contributed by atoms with Gasteiger partial charge >= 0.3 is 0 Å². The molecule has 46 heavy (non-hydrogen) atoms. The fraction of sp³-hybridized carbons (Fsp3) is 0.325. The number of carbonyl (C=O) groups is 1. The van der Waals surface area contributed by atoms with E-state index in [-0.39, 0.29) is 17.6 Å². The number of allylic oxidation sites excluding steroid dienone is 5. The molecule has 1 atom stereocenters. The van der Waals surface area contributed by atoms with Gasteiger partial charge in [0.25, 0.3) is 0 Å². The third-order valence-corrected chi connectivity index (χ3v) is 8.80. The number of hydrogen-bond donors (Lipinski definition) is 1. The minimum Gasteiger partial charge on any atom is -0.493 e. The van der Waals surface area contributed by atoms with Gasteiger partial charge in [-0.15, -0.1) is 0 Å². The van der Waals surface area contributed by atoms with Crippen LogP contribution in [0.3, 0.4) is 0 Å². The van der Waals surface area contributed by atoms with E-state index in [1.165, 1.54) is 6.20 Å². The van der Waals surface area contributed by atoms with Gasteiger partial charge in [-0.05, 0) is 104 Å². The fourth-order valence-corrected chi connectivity index (χ4v) is 6.02. The lowest BCUT2D eigenvalue weighted by atomic mass is 9.94. The quantitative estimate of drug-likeness (QED) is 0.172. The number of aromatic nitrogens is 1. The number of nitrogens with zero attached hydrogens (tertiary/aromatic N) is 2. The SMILES string of the molecule is C=C(CC[C@H](N)CCCC)C(=O)c1cc2c(C)c(c1)OCCCC(=C)C(C1=Cc3ccccc3CC(Cc3ccncc3F)=C1)=N2. The van der Waals surface area contributed by atoms with Crippen molar-refractivity contribution in [3.63, 3.8) is 0 Å². The van der Waals surface area contributed by atoms with Crippen LogP contribution in [0.15, 0.2) is 101 Å². The summed E-state index contributed by atoms with van der Waals surface area (Å²) in [5.41, 5.74) is 15.3. The summed E-state index contributed by atoms with van der Waals surface area (Å²) < 4.78 is 20.9. The number of ether oxygens (including phenoxy) is 1. The molecule has 5 rings (SSSR count). The van der Waals surface area contributed by atoms with Crippen LogP contribution < -0.4 is 10.5 Å². The summed E-state index contributed by atoms with van der Waals surface area (Å²) in [7, 11) is 0. The van der Waals surface area contributed by atoms with Crippen molar-refractivity contribution in [3.8, 4) is 5.75 Å². The summed E-state index contributed by atoms with van der Waals surface area (Å²) in [6.45, 7) is 13.2. The first-order chi connectivity index (χ1) is 22.2. The van der Waals surface area contributed by atoms with Crippen LogP contribution >= 0.6 is 0 Å². The standard InChI is InChI=1S/C40H44FN3O2/c1-5-6-13-35(42)15-14-27(3)40(45)34-23-37-28(4)38(24-34)46-18-9-10-26(2)39(44-37)33-21-29(20-32-16-17-43-25-36(32)41)19-30-11-7-8-12-31(30)22-33/h7-8,11-12,16-17,21-25,35H,2-3,5-6,9-10,13-15,18-20,42H2,1,4H3/t35-/m1/s1.